The summed E-state index contributed by atoms with van der Waals surface area (Å²) in [6, 6.07) is 4.03. The second-order valence-electron chi connectivity index (χ2n) is 6.84. The molecule has 0 bridgehead atoms. The number of ether oxygens (including phenoxy) is 1. The fourth-order valence-electron chi connectivity index (χ4n) is 3.55. The number of benzene rings is 1. The first-order valence-corrected chi connectivity index (χ1v) is 8.57. The maximum absolute atomic E-state index is 12.7. The Morgan fingerprint density at radius 1 is 1.36 bits per heavy atom. The predicted octanol–water partition coefficient (Wildman–Crippen LogP) is 2.07. The number of amides is 2. The molecule has 0 aliphatic carbocycles. The lowest BCUT2D eigenvalue weighted by Gasteiger charge is -2.16. The molecule has 134 valence electrons. The Hall–Kier alpha value is -2.34. The van der Waals surface area contributed by atoms with E-state index in [1.807, 2.05) is 13.8 Å². The number of hydrogen-bond acceptors (Lipinski definition) is 3. The Kier molecular flexibility index (Phi) is 4.81. The van der Waals surface area contributed by atoms with E-state index in [1.54, 1.807) is 12.0 Å². The highest BCUT2D eigenvalue weighted by Gasteiger charge is 2.31. The molecule has 1 aliphatic rings. The summed E-state index contributed by atoms with van der Waals surface area (Å²) < 4.78 is 5.02. The summed E-state index contributed by atoms with van der Waals surface area (Å²) in [6.07, 6.45) is 0.340. The minimum Gasteiger partial charge on any atom is -0.383 e. The molecule has 2 amide bonds. The van der Waals surface area contributed by atoms with Gasteiger partial charge in [0.1, 0.15) is 5.69 Å². The van der Waals surface area contributed by atoms with Crippen molar-refractivity contribution in [3.63, 3.8) is 0 Å². The molecule has 2 aromatic rings. The van der Waals surface area contributed by atoms with Crippen LogP contribution in [0.4, 0.5) is 0 Å². The SMILES string of the molecule is COCCN1CC(NC(=O)c2[nH]c3c(C)cc(C)cc3c2C)CC1=O. The zero-order valence-corrected chi connectivity index (χ0v) is 15.2. The summed E-state index contributed by atoms with van der Waals surface area (Å²) in [5, 5.41) is 4.07. The Morgan fingerprint density at radius 2 is 2.12 bits per heavy atom. The van der Waals surface area contributed by atoms with Crippen LogP contribution in [0.3, 0.4) is 0 Å². The molecule has 2 heterocycles. The highest BCUT2D eigenvalue weighted by molar-refractivity contribution is 6.02. The fraction of sp³-hybridized carbons (Fsp3) is 0.474. The van der Waals surface area contributed by atoms with E-state index in [4.69, 9.17) is 4.74 Å². The molecule has 1 fully saturated rings. The molecule has 1 unspecified atom stereocenters. The third-order valence-electron chi connectivity index (χ3n) is 4.85. The second-order valence-corrected chi connectivity index (χ2v) is 6.84. The lowest BCUT2D eigenvalue weighted by Crippen LogP contribution is -2.38. The number of H-pyrrole nitrogens is 1. The number of nitrogens with one attached hydrogen (secondary N) is 2. The molecule has 1 aromatic carbocycles. The number of methoxy groups -OCH3 is 1. The lowest BCUT2D eigenvalue weighted by molar-refractivity contribution is -0.128. The Balaban J connectivity index is 1.76. The molecule has 25 heavy (non-hydrogen) atoms. The minimum absolute atomic E-state index is 0.0576. The highest BCUT2D eigenvalue weighted by Crippen LogP contribution is 2.26. The number of aryl methyl sites for hydroxylation is 3. The van der Waals surface area contributed by atoms with Gasteiger partial charge < -0.3 is 19.9 Å². The number of carbonyl (C=O) groups excluding carboxylic acids is 2. The summed E-state index contributed by atoms with van der Waals surface area (Å²) >= 11 is 0. The number of carbonyl (C=O) groups is 2. The molecule has 1 aromatic heterocycles. The van der Waals surface area contributed by atoms with Gasteiger partial charge in [-0.25, -0.2) is 0 Å². The van der Waals surface area contributed by atoms with Gasteiger partial charge in [-0.3, -0.25) is 9.59 Å². The van der Waals surface area contributed by atoms with Crippen LogP contribution in [-0.4, -0.2) is 54.5 Å². The van der Waals surface area contributed by atoms with Crippen molar-refractivity contribution in [1.82, 2.24) is 15.2 Å². The van der Waals surface area contributed by atoms with E-state index in [0.717, 1.165) is 22.0 Å². The lowest BCUT2D eigenvalue weighted by atomic mass is 10.1. The number of hydrogen-bond donors (Lipinski definition) is 2. The van der Waals surface area contributed by atoms with Gasteiger partial charge in [0.05, 0.1) is 12.6 Å². The molecule has 3 rings (SSSR count). The first-order valence-electron chi connectivity index (χ1n) is 8.57. The van der Waals surface area contributed by atoms with Gasteiger partial charge in [-0.1, -0.05) is 11.6 Å². The molecular weight excluding hydrogens is 318 g/mol. The standard InChI is InChI=1S/C19H25N3O3/c1-11-7-12(2)17-15(8-11)13(3)18(21-17)19(24)20-14-9-16(23)22(10-14)5-6-25-4/h7-8,14,21H,5-6,9-10H2,1-4H3,(H,20,24). The van der Waals surface area contributed by atoms with Crippen molar-refractivity contribution >= 4 is 22.7 Å². The Bertz CT molecular complexity index is 825. The summed E-state index contributed by atoms with van der Waals surface area (Å²) in [5.74, 6) is -0.0978. The summed E-state index contributed by atoms with van der Waals surface area (Å²) in [5.41, 5.74) is 4.82. The number of likely N-dealkylation sites (tertiary alicyclic amines) is 1. The van der Waals surface area contributed by atoms with Crippen LogP contribution in [0.5, 0.6) is 0 Å². The maximum atomic E-state index is 12.7. The van der Waals surface area contributed by atoms with Crippen LogP contribution in [0, 0.1) is 20.8 Å². The van der Waals surface area contributed by atoms with Crippen molar-refractivity contribution in [2.75, 3.05) is 26.8 Å². The van der Waals surface area contributed by atoms with Crippen LogP contribution in [0.2, 0.25) is 0 Å². The molecule has 0 saturated carbocycles. The molecule has 1 aliphatic heterocycles. The molecule has 6 nitrogen and oxygen atoms in total. The van der Waals surface area contributed by atoms with Crippen LogP contribution in [0.1, 0.15) is 33.6 Å². The number of nitrogens with zero attached hydrogens (tertiary/aromatic N) is 1. The number of fused-ring (bicyclic) bond motifs is 1. The van der Waals surface area contributed by atoms with Crippen molar-refractivity contribution < 1.29 is 14.3 Å². The first-order chi connectivity index (χ1) is 11.9. The van der Waals surface area contributed by atoms with E-state index in [9.17, 15) is 9.59 Å². The first kappa shape index (κ1) is 17.5. The van der Waals surface area contributed by atoms with Gasteiger partial charge in [0, 0.05) is 37.5 Å². The van der Waals surface area contributed by atoms with Crippen LogP contribution in [0.25, 0.3) is 10.9 Å². The smallest absolute Gasteiger partial charge is 0.268 e. The monoisotopic (exact) mass is 343 g/mol. The average molecular weight is 343 g/mol. The van der Waals surface area contributed by atoms with Crippen molar-refractivity contribution in [1.29, 1.82) is 0 Å². The van der Waals surface area contributed by atoms with Gasteiger partial charge >= 0.3 is 0 Å². The molecule has 1 atom stereocenters. The quantitative estimate of drug-likeness (QED) is 0.873. The number of rotatable bonds is 5. The highest BCUT2D eigenvalue weighted by atomic mass is 16.5. The van der Waals surface area contributed by atoms with Crippen molar-refractivity contribution in [3.8, 4) is 0 Å². The summed E-state index contributed by atoms with van der Waals surface area (Å²) in [6.45, 7) is 7.65. The summed E-state index contributed by atoms with van der Waals surface area (Å²) in [7, 11) is 1.61. The van der Waals surface area contributed by atoms with Gasteiger partial charge in [0.15, 0.2) is 0 Å². The Labute approximate surface area is 147 Å². The van der Waals surface area contributed by atoms with Gasteiger partial charge in [-0.15, -0.1) is 0 Å². The maximum Gasteiger partial charge on any atom is 0.268 e. The van der Waals surface area contributed by atoms with E-state index >= 15 is 0 Å². The predicted molar refractivity (Wildman–Crippen MR) is 96.8 cm³/mol. The van der Waals surface area contributed by atoms with Gasteiger partial charge in [0.2, 0.25) is 5.91 Å². The number of aromatic amines is 1. The van der Waals surface area contributed by atoms with E-state index in [0.29, 0.717) is 31.8 Å². The van der Waals surface area contributed by atoms with E-state index < -0.39 is 0 Å². The Morgan fingerprint density at radius 3 is 2.84 bits per heavy atom. The van der Waals surface area contributed by atoms with E-state index in [-0.39, 0.29) is 17.9 Å². The largest absolute Gasteiger partial charge is 0.383 e. The van der Waals surface area contributed by atoms with Crippen LogP contribution in [-0.2, 0) is 9.53 Å². The third-order valence-corrected chi connectivity index (χ3v) is 4.85. The van der Waals surface area contributed by atoms with E-state index in [1.165, 1.54) is 5.56 Å². The van der Waals surface area contributed by atoms with Crippen LogP contribution in [0.15, 0.2) is 12.1 Å². The molecule has 0 spiro atoms. The number of aromatic nitrogens is 1. The van der Waals surface area contributed by atoms with Crippen LogP contribution >= 0.6 is 0 Å². The van der Waals surface area contributed by atoms with E-state index in [2.05, 4.69) is 29.4 Å². The molecule has 1 saturated heterocycles. The zero-order chi connectivity index (χ0) is 18.1. The van der Waals surface area contributed by atoms with Crippen molar-refractivity contribution in [3.05, 3.63) is 34.5 Å². The molecular formula is C19H25N3O3. The minimum atomic E-state index is -0.162. The van der Waals surface area contributed by atoms with Gasteiger partial charge in [-0.2, -0.15) is 0 Å². The van der Waals surface area contributed by atoms with Crippen LogP contribution < -0.4 is 5.32 Å². The van der Waals surface area contributed by atoms with Gasteiger partial charge in [0.25, 0.3) is 5.91 Å². The average Bonchev–Trinajstić information content (AvgIpc) is 3.06. The fourth-order valence-corrected chi connectivity index (χ4v) is 3.55. The topological polar surface area (TPSA) is 74.4 Å². The van der Waals surface area contributed by atoms with Crippen molar-refractivity contribution in [2.24, 2.45) is 0 Å². The second kappa shape index (κ2) is 6.88. The molecule has 2 N–H and O–H groups in total. The van der Waals surface area contributed by atoms with Crippen molar-refractivity contribution in [2.45, 2.75) is 33.2 Å². The zero-order valence-electron chi connectivity index (χ0n) is 15.2. The normalized spacial score (nSPS) is 17.5. The molecule has 0 radical (unpaired) electrons. The summed E-state index contributed by atoms with van der Waals surface area (Å²) in [4.78, 5) is 29.7. The van der Waals surface area contributed by atoms with Gasteiger partial charge in [-0.05, 0) is 38.0 Å². The molecule has 6 heteroatoms. The third kappa shape index (κ3) is 3.39.